The Morgan fingerprint density at radius 2 is 1.77 bits per heavy atom. The number of benzene rings is 2. The van der Waals surface area contributed by atoms with Crippen molar-refractivity contribution in [2.75, 3.05) is 48.6 Å². The Labute approximate surface area is 184 Å². The fourth-order valence-electron chi connectivity index (χ4n) is 3.94. The van der Waals surface area contributed by atoms with Crippen molar-refractivity contribution in [3.63, 3.8) is 0 Å². The van der Waals surface area contributed by atoms with Crippen LogP contribution in [0.5, 0.6) is 23.0 Å². The maximum absolute atomic E-state index is 13.5. The molecular weight excluding hydrogens is 396 g/mol. The number of carbonyl (C=O) groups is 1. The van der Waals surface area contributed by atoms with Crippen LogP contribution in [0.1, 0.15) is 16.7 Å². The Morgan fingerprint density at radius 3 is 2.35 bits per heavy atom. The number of amides is 1. The third-order valence-corrected chi connectivity index (χ3v) is 5.40. The van der Waals surface area contributed by atoms with Gasteiger partial charge in [0.2, 0.25) is 11.7 Å². The Balaban J connectivity index is 1.91. The van der Waals surface area contributed by atoms with Crippen LogP contribution < -0.4 is 18.9 Å². The summed E-state index contributed by atoms with van der Waals surface area (Å²) in [4.78, 5) is 17.5. The molecular formula is C24H32N2O5. The SMILES string of the molecule is COc1cc(CC(=O)N2Cc3cc(C)ccc3OC[C@H]2CN(C)C)cc(OC)c1OC. The molecule has 0 radical (unpaired) electrons. The van der Waals surface area contributed by atoms with E-state index < -0.39 is 0 Å². The fraction of sp³-hybridized carbons (Fsp3) is 0.458. The lowest BCUT2D eigenvalue weighted by Crippen LogP contribution is -2.47. The standard InChI is InChI=1S/C24H32N2O5/c1-16-7-8-20-18(9-16)13-26(19(15-31-20)14-25(2)3)23(27)12-17-10-21(28-4)24(30-6)22(11-17)29-5/h7-11,19H,12-15H2,1-6H3/t19-/m1/s1. The minimum atomic E-state index is -0.0581. The van der Waals surface area contributed by atoms with Gasteiger partial charge in [0, 0.05) is 18.7 Å². The molecule has 0 unspecified atom stereocenters. The normalized spacial score (nSPS) is 15.7. The summed E-state index contributed by atoms with van der Waals surface area (Å²) in [7, 11) is 8.71. The van der Waals surface area contributed by atoms with Gasteiger partial charge in [0.05, 0.1) is 33.8 Å². The zero-order valence-corrected chi connectivity index (χ0v) is 19.2. The minimum Gasteiger partial charge on any atom is -0.493 e. The number of aryl methyl sites for hydroxylation is 1. The smallest absolute Gasteiger partial charge is 0.227 e. The summed E-state index contributed by atoms with van der Waals surface area (Å²) in [5.41, 5.74) is 2.97. The molecule has 1 amide bonds. The molecule has 7 nitrogen and oxygen atoms in total. The molecule has 2 aromatic carbocycles. The van der Waals surface area contributed by atoms with Gasteiger partial charge >= 0.3 is 0 Å². The molecule has 0 aliphatic carbocycles. The largest absolute Gasteiger partial charge is 0.493 e. The third-order valence-electron chi connectivity index (χ3n) is 5.40. The van der Waals surface area contributed by atoms with Crippen LogP contribution in [0.3, 0.4) is 0 Å². The van der Waals surface area contributed by atoms with Gasteiger partial charge in [-0.2, -0.15) is 0 Å². The van der Waals surface area contributed by atoms with Crippen molar-refractivity contribution in [3.05, 3.63) is 47.0 Å². The molecule has 0 aromatic heterocycles. The van der Waals surface area contributed by atoms with Gasteiger partial charge in [0.15, 0.2) is 11.5 Å². The summed E-state index contributed by atoms with van der Waals surface area (Å²) in [6.07, 6.45) is 0.224. The number of carbonyl (C=O) groups excluding carboxylic acids is 1. The summed E-state index contributed by atoms with van der Waals surface area (Å²) in [6, 6.07) is 9.71. The van der Waals surface area contributed by atoms with Gasteiger partial charge in [-0.25, -0.2) is 0 Å². The molecule has 0 bridgehead atoms. The van der Waals surface area contributed by atoms with Gasteiger partial charge in [-0.1, -0.05) is 17.7 Å². The van der Waals surface area contributed by atoms with Gasteiger partial charge in [0.1, 0.15) is 12.4 Å². The van der Waals surface area contributed by atoms with Crippen molar-refractivity contribution in [2.45, 2.75) is 25.9 Å². The summed E-state index contributed by atoms with van der Waals surface area (Å²) in [6.45, 7) is 3.73. The first-order valence-corrected chi connectivity index (χ1v) is 10.3. The van der Waals surface area contributed by atoms with E-state index in [1.807, 2.05) is 50.2 Å². The first kappa shape index (κ1) is 22.7. The number of nitrogens with zero attached hydrogens (tertiary/aromatic N) is 2. The summed E-state index contributed by atoms with van der Waals surface area (Å²) in [5, 5.41) is 0. The van der Waals surface area contributed by atoms with Crippen LogP contribution in [-0.2, 0) is 17.8 Å². The Bertz CT molecular complexity index is 903. The molecule has 0 N–H and O–H groups in total. The maximum Gasteiger partial charge on any atom is 0.227 e. The van der Waals surface area contributed by atoms with Crippen molar-refractivity contribution in [3.8, 4) is 23.0 Å². The predicted molar refractivity (Wildman–Crippen MR) is 119 cm³/mol. The van der Waals surface area contributed by atoms with Crippen molar-refractivity contribution in [1.82, 2.24) is 9.80 Å². The zero-order valence-electron chi connectivity index (χ0n) is 19.2. The van der Waals surface area contributed by atoms with E-state index in [4.69, 9.17) is 18.9 Å². The number of hydrogen-bond acceptors (Lipinski definition) is 6. The summed E-state index contributed by atoms with van der Waals surface area (Å²) >= 11 is 0. The molecule has 2 aromatic rings. The van der Waals surface area contributed by atoms with Crippen LogP contribution in [0.25, 0.3) is 0 Å². The molecule has 7 heteroatoms. The van der Waals surface area contributed by atoms with Gasteiger partial charge in [0.25, 0.3) is 0 Å². The monoisotopic (exact) mass is 428 g/mol. The van der Waals surface area contributed by atoms with Crippen LogP contribution in [0.2, 0.25) is 0 Å². The number of rotatable bonds is 7. The molecule has 31 heavy (non-hydrogen) atoms. The van der Waals surface area contributed by atoms with E-state index in [1.165, 1.54) is 0 Å². The Hall–Kier alpha value is -2.93. The summed E-state index contributed by atoms with van der Waals surface area (Å²) in [5.74, 6) is 2.46. The average Bonchev–Trinajstić information content (AvgIpc) is 2.91. The van der Waals surface area contributed by atoms with Crippen LogP contribution in [-0.4, -0.2) is 70.3 Å². The van der Waals surface area contributed by atoms with E-state index >= 15 is 0 Å². The van der Waals surface area contributed by atoms with E-state index in [0.29, 0.717) is 36.9 Å². The Morgan fingerprint density at radius 1 is 1.10 bits per heavy atom. The lowest BCUT2D eigenvalue weighted by molar-refractivity contribution is -0.134. The van der Waals surface area contributed by atoms with Crippen molar-refractivity contribution < 1.29 is 23.7 Å². The molecule has 168 valence electrons. The second kappa shape index (κ2) is 9.92. The van der Waals surface area contributed by atoms with E-state index in [2.05, 4.69) is 11.0 Å². The molecule has 1 heterocycles. The maximum atomic E-state index is 13.5. The molecule has 0 fully saturated rings. The quantitative estimate of drug-likeness (QED) is 0.676. The first-order valence-electron chi connectivity index (χ1n) is 10.3. The van der Waals surface area contributed by atoms with Gasteiger partial charge in [-0.05, 0) is 44.8 Å². The van der Waals surface area contributed by atoms with E-state index in [9.17, 15) is 4.79 Å². The average molecular weight is 429 g/mol. The van der Waals surface area contributed by atoms with Gasteiger partial charge in [-0.15, -0.1) is 0 Å². The molecule has 0 saturated heterocycles. The van der Waals surface area contributed by atoms with Crippen LogP contribution in [0, 0.1) is 6.92 Å². The van der Waals surface area contributed by atoms with Crippen molar-refractivity contribution in [2.24, 2.45) is 0 Å². The van der Waals surface area contributed by atoms with Gasteiger partial charge in [-0.3, -0.25) is 4.79 Å². The molecule has 1 atom stereocenters. The topological polar surface area (TPSA) is 60.5 Å². The van der Waals surface area contributed by atoms with E-state index in [-0.39, 0.29) is 18.4 Å². The van der Waals surface area contributed by atoms with E-state index in [1.54, 1.807) is 21.3 Å². The van der Waals surface area contributed by atoms with Crippen LogP contribution in [0.15, 0.2) is 30.3 Å². The third kappa shape index (κ3) is 5.22. The molecule has 0 spiro atoms. The lowest BCUT2D eigenvalue weighted by Gasteiger charge is -2.31. The highest BCUT2D eigenvalue weighted by Crippen LogP contribution is 2.38. The van der Waals surface area contributed by atoms with Crippen LogP contribution >= 0.6 is 0 Å². The number of hydrogen-bond donors (Lipinski definition) is 0. The number of methoxy groups -OCH3 is 3. The van der Waals surface area contributed by atoms with Gasteiger partial charge < -0.3 is 28.7 Å². The first-order chi connectivity index (χ1) is 14.9. The minimum absolute atomic E-state index is 0.0269. The number of ether oxygens (including phenoxy) is 4. The number of fused-ring (bicyclic) bond motifs is 1. The van der Waals surface area contributed by atoms with E-state index in [0.717, 1.165) is 22.4 Å². The Kier molecular flexibility index (Phi) is 7.28. The van der Waals surface area contributed by atoms with Crippen LogP contribution in [0.4, 0.5) is 0 Å². The second-order valence-electron chi connectivity index (χ2n) is 8.07. The highest BCUT2D eigenvalue weighted by molar-refractivity contribution is 5.80. The van der Waals surface area contributed by atoms with Crippen molar-refractivity contribution >= 4 is 5.91 Å². The molecule has 0 saturated carbocycles. The molecule has 3 rings (SSSR count). The highest BCUT2D eigenvalue weighted by Gasteiger charge is 2.29. The van der Waals surface area contributed by atoms with Crippen molar-refractivity contribution in [1.29, 1.82) is 0 Å². The number of likely N-dealkylation sites (N-methyl/N-ethyl adjacent to an activating group) is 1. The summed E-state index contributed by atoms with van der Waals surface area (Å²) < 4.78 is 22.4. The second-order valence-corrected chi connectivity index (χ2v) is 8.07. The zero-order chi connectivity index (χ0) is 22.5. The molecule has 1 aliphatic rings. The highest BCUT2D eigenvalue weighted by atomic mass is 16.5. The predicted octanol–water partition coefficient (Wildman–Crippen LogP) is 2.91. The lowest BCUT2D eigenvalue weighted by atomic mass is 10.1. The molecule has 1 aliphatic heterocycles. The fourth-order valence-corrected chi connectivity index (χ4v) is 3.94.